The molecule has 5 heteroatoms. The predicted octanol–water partition coefficient (Wildman–Crippen LogP) is -0.805. The molecule has 0 bridgehead atoms. The Labute approximate surface area is 67.7 Å². The first kappa shape index (κ1) is 8.45. The van der Waals surface area contributed by atoms with E-state index < -0.39 is 11.2 Å². The van der Waals surface area contributed by atoms with E-state index >= 15 is 0 Å². The molecule has 12 heavy (non-hydrogen) atoms. The number of hydrogen-bond acceptors (Lipinski definition) is 3. The van der Waals surface area contributed by atoms with Gasteiger partial charge in [0.25, 0.3) is 5.56 Å². The van der Waals surface area contributed by atoms with Gasteiger partial charge in [0.15, 0.2) is 6.29 Å². The zero-order chi connectivity index (χ0) is 9.30. The first-order valence-electron chi connectivity index (χ1n) is 3.33. The summed E-state index contributed by atoms with van der Waals surface area (Å²) in [5.74, 6) is 0. The van der Waals surface area contributed by atoms with E-state index in [-0.39, 0.29) is 5.56 Å². The first-order valence-corrected chi connectivity index (χ1v) is 3.33. The number of aromatic nitrogens is 2. The van der Waals surface area contributed by atoms with Crippen molar-refractivity contribution in [3.05, 3.63) is 32.1 Å². The number of rotatable bonds is 1. The van der Waals surface area contributed by atoms with Crippen LogP contribution in [0.2, 0.25) is 0 Å². The molecule has 0 unspecified atom stereocenters. The largest absolute Gasteiger partial charge is 0.328 e. The molecule has 0 saturated heterocycles. The quantitative estimate of drug-likeness (QED) is 0.557. The van der Waals surface area contributed by atoms with Crippen LogP contribution >= 0.6 is 0 Å². The maximum Gasteiger partial charge on any atom is 0.328 e. The maximum absolute atomic E-state index is 11.2. The summed E-state index contributed by atoms with van der Waals surface area (Å²) in [4.78, 5) is 34.8. The third-order valence-electron chi connectivity index (χ3n) is 1.66. The molecule has 1 rings (SSSR count). The van der Waals surface area contributed by atoms with E-state index in [4.69, 9.17) is 0 Å². The van der Waals surface area contributed by atoms with Crippen molar-refractivity contribution in [1.29, 1.82) is 0 Å². The molecule has 0 amide bonds. The van der Waals surface area contributed by atoms with Crippen LogP contribution in [0, 0.1) is 6.92 Å². The Hall–Kier alpha value is -1.65. The van der Waals surface area contributed by atoms with Crippen LogP contribution in [0.3, 0.4) is 0 Å². The molecule has 0 aromatic carbocycles. The van der Waals surface area contributed by atoms with E-state index in [0.29, 0.717) is 12.0 Å². The number of carbonyl (C=O) groups is 1. The van der Waals surface area contributed by atoms with Gasteiger partial charge in [-0.15, -0.1) is 0 Å². The molecule has 1 aromatic rings. The fourth-order valence-electron chi connectivity index (χ4n) is 0.884. The molecule has 0 aliphatic heterocycles. The zero-order valence-corrected chi connectivity index (χ0v) is 6.75. The van der Waals surface area contributed by atoms with Gasteiger partial charge in [0, 0.05) is 12.7 Å². The second kappa shape index (κ2) is 2.77. The van der Waals surface area contributed by atoms with Gasteiger partial charge in [-0.1, -0.05) is 0 Å². The van der Waals surface area contributed by atoms with Crippen LogP contribution in [0.1, 0.15) is 16.1 Å². The highest BCUT2D eigenvalue weighted by Crippen LogP contribution is 1.88. The smallest absolute Gasteiger partial charge is 0.311 e. The van der Waals surface area contributed by atoms with Gasteiger partial charge in [-0.05, 0) is 6.92 Å². The van der Waals surface area contributed by atoms with Gasteiger partial charge < -0.3 is 4.98 Å². The third-order valence-corrected chi connectivity index (χ3v) is 1.66. The van der Waals surface area contributed by atoms with Crippen molar-refractivity contribution in [1.82, 2.24) is 9.55 Å². The highest BCUT2D eigenvalue weighted by Gasteiger charge is 2.06. The molecule has 1 aromatic heterocycles. The molecule has 5 nitrogen and oxygen atoms in total. The highest BCUT2D eigenvalue weighted by molar-refractivity contribution is 5.75. The normalized spacial score (nSPS) is 9.83. The molecule has 1 N–H and O–H groups in total. The van der Waals surface area contributed by atoms with Gasteiger partial charge in [-0.2, -0.15) is 0 Å². The minimum Gasteiger partial charge on any atom is -0.311 e. The Balaban J connectivity index is 3.75. The molecule has 0 aliphatic carbocycles. The number of hydrogen-bond donors (Lipinski definition) is 1. The van der Waals surface area contributed by atoms with Crippen molar-refractivity contribution >= 4 is 6.29 Å². The van der Waals surface area contributed by atoms with Crippen LogP contribution in [0.5, 0.6) is 0 Å². The van der Waals surface area contributed by atoms with E-state index in [1.807, 2.05) is 0 Å². The number of nitrogens with zero attached hydrogens (tertiary/aromatic N) is 1. The summed E-state index contributed by atoms with van der Waals surface area (Å²) in [6.45, 7) is 1.51. The lowest BCUT2D eigenvalue weighted by Gasteiger charge is -1.99. The summed E-state index contributed by atoms with van der Waals surface area (Å²) < 4.78 is 0.858. The molecule has 0 radical (unpaired) electrons. The minimum absolute atomic E-state index is 0.00269. The Morgan fingerprint density at radius 1 is 1.42 bits per heavy atom. The summed E-state index contributed by atoms with van der Waals surface area (Å²) in [5.41, 5.74) is -0.774. The second-order valence-electron chi connectivity index (χ2n) is 2.45. The molecule has 0 fully saturated rings. The minimum atomic E-state index is -0.564. The molecular formula is C7H8N2O3. The van der Waals surface area contributed by atoms with E-state index in [1.165, 1.54) is 14.0 Å². The standard InChI is InChI=1S/C7H8N2O3/c1-4-5(3-10)6(11)9(2)7(12)8-4/h3H,1-2H3,(H,8,12). The van der Waals surface area contributed by atoms with Gasteiger partial charge in [-0.25, -0.2) is 4.79 Å². The topological polar surface area (TPSA) is 71.9 Å². The van der Waals surface area contributed by atoms with E-state index in [9.17, 15) is 14.4 Å². The summed E-state index contributed by atoms with van der Waals surface area (Å²) >= 11 is 0. The number of aromatic amines is 1. The van der Waals surface area contributed by atoms with E-state index in [1.54, 1.807) is 0 Å². The average molecular weight is 168 g/mol. The SMILES string of the molecule is Cc1[nH]c(=O)n(C)c(=O)c1C=O. The van der Waals surface area contributed by atoms with Crippen molar-refractivity contribution in [3.8, 4) is 0 Å². The predicted molar refractivity (Wildman–Crippen MR) is 42.4 cm³/mol. The van der Waals surface area contributed by atoms with Gasteiger partial charge in [0.2, 0.25) is 0 Å². The Bertz CT molecular complexity index is 427. The van der Waals surface area contributed by atoms with Crippen LogP contribution in [-0.4, -0.2) is 15.8 Å². The number of H-pyrrole nitrogens is 1. The van der Waals surface area contributed by atoms with Crippen LogP contribution in [0.4, 0.5) is 0 Å². The Morgan fingerprint density at radius 2 is 2.00 bits per heavy atom. The fourth-order valence-corrected chi connectivity index (χ4v) is 0.884. The third kappa shape index (κ3) is 1.09. The molecule has 1 heterocycles. The maximum atomic E-state index is 11.2. The average Bonchev–Trinajstić information content (AvgIpc) is 2.01. The summed E-state index contributed by atoms with van der Waals surface area (Å²) in [6.07, 6.45) is 0.438. The fraction of sp³-hybridized carbons (Fsp3) is 0.286. The summed E-state index contributed by atoms with van der Waals surface area (Å²) in [5, 5.41) is 0. The van der Waals surface area contributed by atoms with Crippen LogP contribution < -0.4 is 11.2 Å². The van der Waals surface area contributed by atoms with Crippen molar-refractivity contribution in [2.75, 3.05) is 0 Å². The molecular weight excluding hydrogens is 160 g/mol. The molecule has 0 aliphatic rings. The number of aldehydes is 1. The van der Waals surface area contributed by atoms with Gasteiger partial charge in [0.1, 0.15) is 0 Å². The Kier molecular flexibility index (Phi) is 1.95. The molecule has 0 atom stereocenters. The lowest BCUT2D eigenvalue weighted by molar-refractivity contribution is 0.112. The van der Waals surface area contributed by atoms with Crippen molar-refractivity contribution in [2.45, 2.75) is 6.92 Å². The first-order chi connectivity index (χ1) is 5.57. The Morgan fingerprint density at radius 3 is 2.50 bits per heavy atom. The summed E-state index contributed by atoms with van der Waals surface area (Å²) in [7, 11) is 1.31. The zero-order valence-electron chi connectivity index (χ0n) is 6.75. The van der Waals surface area contributed by atoms with E-state index in [0.717, 1.165) is 4.57 Å². The highest BCUT2D eigenvalue weighted by atomic mass is 16.2. The molecule has 0 spiro atoms. The van der Waals surface area contributed by atoms with Crippen LogP contribution in [0.15, 0.2) is 9.59 Å². The van der Waals surface area contributed by atoms with Crippen molar-refractivity contribution < 1.29 is 4.79 Å². The summed E-state index contributed by atoms with van der Waals surface area (Å²) in [6, 6.07) is 0. The second-order valence-corrected chi connectivity index (χ2v) is 2.45. The lowest BCUT2D eigenvalue weighted by atomic mass is 10.3. The molecule has 0 saturated carbocycles. The monoisotopic (exact) mass is 168 g/mol. The number of aryl methyl sites for hydroxylation is 1. The number of carbonyl (C=O) groups excluding carboxylic acids is 1. The lowest BCUT2D eigenvalue weighted by Crippen LogP contribution is -2.35. The van der Waals surface area contributed by atoms with E-state index in [2.05, 4.69) is 4.98 Å². The van der Waals surface area contributed by atoms with Crippen molar-refractivity contribution in [2.24, 2.45) is 7.05 Å². The number of nitrogens with one attached hydrogen (secondary N) is 1. The van der Waals surface area contributed by atoms with Crippen LogP contribution in [0.25, 0.3) is 0 Å². The van der Waals surface area contributed by atoms with Gasteiger partial charge in [-0.3, -0.25) is 14.2 Å². The van der Waals surface area contributed by atoms with Gasteiger partial charge in [0.05, 0.1) is 5.56 Å². The van der Waals surface area contributed by atoms with Crippen molar-refractivity contribution in [3.63, 3.8) is 0 Å². The molecule has 64 valence electrons. The van der Waals surface area contributed by atoms with Crippen LogP contribution in [-0.2, 0) is 7.05 Å². The van der Waals surface area contributed by atoms with Gasteiger partial charge >= 0.3 is 5.69 Å².